The van der Waals surface area contributed by atoms with Crippen LogP contribution in [0.15, 0.2) is 54.6 Å². The molecule has 2 amide bonds. The van der Waals surface area contributed by atoms with E-state index in [-0.39, 0.29) is 24.8 Å². The second kappa shape index (κ2) is 7.16. The van der Waals surface area contributed by atoms with Gasteiger partial charge in [-0.05, 0) is 37.5 Å². The summed E-state index contributed by atoms with van der Waals surface area (Å²) in [6.45, 7) is 3.41. The molecule has 1 aliphatic rings. The van der Waals surface area contributed by atoms with E-state index in [1.807, 2.05) is 54.6 Å². The third-order valence-corrected chi connectivity index (χ3v) is 5.02. The highest BCUT2D eigenvalue weighted by atomic mass is 16.3. The maximum Gasteiger partial charge on any atom is 0.238 e. The van der Waals surface area contributed by atoms with Gasteiger partial charge in [-0.3, -0.25) is 9.59 Å². The zero-order valence-corrected chi connectivity index (χ0v) is 16.0. The first kappa shape index (κ1) is 19.1. The summed E-state index contributed by atoms with van der Waals surface area (Å²) in [6.07, 6.45) is 0.488. The molecule has 5 nitrogen and oxygen atoms in total. The molecule has 2 N–H and O–H groups in total. The van der Waals surface area contributed by atoms with Crippen LogP contribution >= 0.6 is 0 Å². The smallest absolute Gasteiger partial charge is 0.238 e. The monoisotopic (exact) mass is 366 g/mol. The number of rotatable bonds is 6. The van der Waals surface area contributed by atoms with Crippen molar-refractivity contribution in [1.82, 2.24) is 5.32 Å². The van der Waals surface area contributed by atoms with Crippen LogP contribution in [-0.4, -0.2) is 36.1 Å². The van der Waals surface area contributed by atoms with Crippen LogP contribution in [0.2, 0.25) is 0 Å². The zero-order chi connectivity index (χ0) is 19.7. The van der Waals surface area contributed by atoms with E-state index in [9.17, 15) is 14.7 Å². The molecular formula is C22H26N2O3. The molecule has 0 saturated heterocycles. The first-order valence-electron chi connectivity index (χ1n) is 9.14. The van der Waals surface area contributed by atoms with Crippen molar-refractivity contribution < 1.29 is 14.7 Å². The molecule has 0 unspecified atom stereocenters. The highest BCUT2D eigenvalue weighted by Crippen LogP contribution is 2.45. The van der Waals surface area contributed by atoms with Crippen LogP contribution in [0.25, 0.3) is 0 Å². The average molecular weight is 366 g/mol. The molecule has 0 saturated carbocycles. The number of carbonyl (C=O) groups excluding carboxylic acids is 2. The molecule has 0 aliphatic carbocycles. The largest absolute Gasteiger partial charge is 0.389 e. The maximum absolute atomic E-state index is 13.3. The van der Waals surface area contributed by atoms with Gasteiger partial charge in [-0.15, -0.1) is 0 Å². The topological polar surface area (TPSA) is 69.6 Å². The Morgan fingerprint density at radius 2 is 1.74 bits per heavy atom. The Morgan fingerprint density at radius 3 is 2.41 bits per heavy atom. The number of likely N-dealkylation sites (N-methyl/N-ethyl adjacent to an activating group) is 1. The summed E-state index contributed by atoms with van der Waals surface area (Å²) in [5.41, 5.74) is 0.771. The van der Waals surface area contributed by atoms with Gasteiger partial charge >= 0.3 is 0 Å². The summed E-state index contributed by atoms with van der Waals surface area (Å²) in [7, 11) is 1.75. The Labute approximate surface area is 160 Å². The Morgan fingerprint density at radius 1 is 1.11 bits per heavy atom. The number of benzene rings is 2. The second-order valence-electron chi connectivity index (χ2n) is 7.89. The number of para-hydroxylation sites is 1. The zero-order valence-electron chi connectivity index (χ0n) is 16.0. The standard InChI is InChI=1S/C22H26N2O3/c1-21(2,27)15-23-19(25)14-22(13-16-9-5-4-6-10-16)17-11-7-8-12-18(17)24(3)20(22)26/h4-12,27H,13-15H2,1-3H3,(H,23,25)/t22-/m1/s1. The molecule has 0 aromatic heterocycles. The van der Waals surface area contributed by atoms with Crippen molar-refractivity contribution in [2.24, 2.45) is 0 Å². The number of carbonyl (C=O) groups is 2. The van der Waals surface area contributed by atoms with Crippen molar-refractivity contribution in [3.63, 3.8) is 0 Å². The van der Waals surface area contributed by atoms with Crippen LogP contribution in [0.1, 0.15) is 31.4 Å². The molecular weight excluding hydrogens is 340 g/mol. The van der Waals surface area contributed by atoms with Gasteiger partial charge in [-0.2, -0.15) is 0 Å². The third kappa shape index (κ3) is 3.88. The molecule has 27 heavy (non-hydrogen) atoms. The van der Waals surface area contributed by atoms with Gasteiger partial charge in [-0.1, -0.05) is 48.5 Å². The van der Waals surface area contributed by atoms with E-state index in [1.54, 1.807) is 25.8 Å². The first-order valence-corrected chi connectivity index (χ1v) is 9.14. The lowest BCUT2D eigenvalue weighted by molar-refractivity contribution is -0.130. The molecule has 0 fully saturated rings. The van der Waals surface area contributed by atoms with Crippen molar-refractivity contribution >= 4 is 17.5 Å². The van der Waals surface area contributed by atoms with Crippen LogP contribution < -0.4 is 10.2 Å². The predicted octanol–water partition coefficient (Wildman–Crippen LogP) is 2.42. The highest BCUT2D eigenvalue weighted by molar-refractivity contribution is 6.09. The molecule has 142 valence electrons. The van der Waals surface area contributed by atoms with E-state index in [0.29, 0.717) is 6.42 Å². The van der Waals surface area contributed by atoms with Crippen LogP contribution in [0.4, 0.5) is 5.69 Å². The van der Waals surface area contributed by atoms with Crippen molar-refractivity contribution in [3.8, 4) is 0 Å². The van der Waals surface area contributed by atoms with E-state index in [4.69, 9.17) is 0 Å². The van der Waals surface area contributed by atoms with Crippen molar-refractivity contribution in [2.45, 2.75) is 37.7 Å². The van der Waals surface area contributed by atoms with Gasteiger partial charge in [0.1, 0.15) is 0 Å². The third-order valence-electron chi connectivity index (χ3n) is 5.02. The Balaban J connectivity index is 1.98. The summed E-state index contributed by atoms with van der Waals surface area (Å²) < 4.78 is 0. The van der Waals surface area contributed by atoms with E-state index >= 15 is 0 Å². The lowest BCUT2D eigenvalue weighted by Gasteiger charge is -2.29. The highest BCUT2D eigenvalue weighted by Gasteiger charge is 2.50. The van der Waals surface area contributed by atoms with E-state index in [1.165, 1.54) is 0 Å². The fraction of sp³-hybridized carbons (Fsp3) is 0.364. The summed E-state index contributed by atoms with van der Waals surface area (Å²) in [5.74, 6) is -0.322. The Hall–Kier alpha value is -2.66. The Bertz CT molecular complexity index is 842. The van der Waals surface area contributed by atoms with Crippen LogP contribution in [0, 0.1) is 0 Å². The van der Waals surface area contributed by atoms with Gasteiger partial charge in [0.25, 0.3) is 0 Å². The number of hydrogen-bond acceptors (Lipinski definition) is 3. The van der Waals surface area contributed by atoms with Gasteiger partial charge in [0, 0.05) is 25.7 Å². The minimum absolute atomic E-state index is 0.0398. The fourth-order valence-electron chi connectivity index (χ4n) is 3.72. The van der Waals surface area contributed by atoms with Crippen molar-refractivity contribution in [2.75, 3.05) is 18.5 Å². The number of aliphatic hydroxyl groups is 1. The van der Waals surface area contributed by atoms with Crippen LogP contribution in [0.5, 0.6) is 0 Å². The van der Waals surface area contributed by atoms with Crippen molar-refractivity contribution in [3.05, 3.63) is 65.7 Å². The molecule has 0 spiro atoms. The number of fused-ring (bicyclic) bond motifs is 1. The number of nitrogens with one attached hydrogen (secondary N) is 1. The lowest BCUT2D eigenvalue weighted by atomic mass is 9.73. The second-order valence-corrected chi connectivity index (χ2v) is 7.89. The molecule has 0 radical (unpaired) electrons. The average Bonchev–Trinajstić information content (AvgIpc) is 2.83. The molecule has 1 aliphatic heterocycles. The number of hydrogen-bond donors (Lipinski definition) is 2. The number of anilines is 1. The minimum atomic E-state index is -1.00. The predicted molar refractivity (Wildman–Crippen MR) is 106 cm³/mol. The molecule has 1 heterocycles. The Kier molecular flexibility index (Phi) is 5.07. The SMILES string of the molecule is CN1C(=O)[C@@](CC(=O)NCC(C)(C)O)(Cc2ccccc2)c2ccccc21. The van der Waals surface area contributed by atoms with E-state index < -0.39 is 11.0 Å². The molecule has 1 atom stereocenters. The van der Waals surface area contributed by atoms with E-state index in [2.05, 4.69) is 5.32 Å². The van der Waals surface area contributed by atoms with Gasteiger partial charge in [0.05, 0.1) is 11.0 Å². The number of nitrogens with zero attached hydrogens (tertiary/aromatic N) is 1. The summed E-state index contributed by atoms with van der Waals surface area (Å²) in [6, 6.07) is 17.4. The first-order chi connectivity index (χ1) is 12.7. The van der Waals surface area contributed by atoms with Gasteiger partial charge in [0.15, 0.2) is 0 Å². The van der Waals surface area contributed by atoms with Crippen molar-refractivity contribution in [1.29, 1.82) is 0 Å². The van der Waals surface area contributed by atoms with Crippen LogP contribution in [-0.2, 0) is 21.4 Å². The normalized spacial score (nSPS) is 19.1. The van der Waals surface area contributed by atoms with Gasteiger partial charge in [-0.25, -0.2) is 0 Å². The molecule has 2 aromatic carbocycles. The summed E-state index contributed by atoms with van der Waals surface area (Å²) >= 11 is 0. The molecule has 3 rings (SSSR count). The molecule has 5 heteroatoms. The quantitative estimate of drug-likeness (QED) is 0.825. The summed E-state index contributed by atoms with van der Waals surface area (Å²) in [5, 5.41) is 12.7. The minimum Gasteiger partial charge on any atom is -0.389 e. The van der Waals surface area contributed by atoms with Gasteiger partial charge in [0.2, 0.25) is 11.8 Å². The van der Waals surface area contributed by atoms with Crippen LogP contribution in [0.3, 0.4) is 0 Å². The van der Waals surface area contributed by atoms with E-state index in [0.717, 1.165) is 16.8 Å². The fourth-order valence-corrected chi connectivity index (χ4v) is 3.72. The molecule has 2 aromatic rings. The van der Waals surface area contributed by atoms with Gasteiger partial charge < -0.3 is 15.3 Å². The summed E-state index contributed by atoms with van der Waals surface area (Å²) in [4.78, 5) is 27.7. The lowest BCUT2D eigenvalue weighted by Crippen LogP contribution is -2.46. The maximum atomic E-state index is 13.3. The molecule has 0 bridgehead atoms. The number of amides is 2.